The number of ether oxygens (including phenoxy) is 1. The maximum absolute atomic E-state index is 12.5. The lowest BCUT2D eigenvalue weighted by Gasteiger charge is -2.59. The molecule has 5 rings (SSSR count). The van der Waals surface area contributed by atoms with Crippen molar-refractivity contribution >= 4 is 5.78 Å². The van der Waals surface area contributed by atoms with Crippen molar-refractivity contribution in [3.63, 3.8) is 0 Å². The molecule has 0 radical (unpaired) electrons. The molecule has 4 heteroatoms. The Morgan fingerprint density at radius 2 is 2.14 bits per heavy atom. The molecule has 1 aliphatic heterocycles. The SMILES string of the molecule is O=C1CC[C@]2(O)C3CCC[C@]24c2c(ccc(O)c2O[C@H]14)C3. The molecule has 1 spiro atoms. The molecule has 4 nitrogen and oxygen atoms in total. The first kappa shape index (κ1) is 12.0. The van der Waals surface area contributed by atoms with Crippen LogP contribution in [-0.2, 0) is 16.6 Å². The van der Waals surface area contributed by atoms with E-state index >= 15 is 0 Å². The van der Waals surface area contributed by atoms with Crippen LogP contribution in [0.25, 0.3) is 0 Å². The lowest BCUT2D eigenvalue weighted by Crippen LogP contribution is -2.69. The molecule has 2 fully saturated rings. The van der Waals surface area contributed by atoms with E-state index in [0.717, 1.165) is 36.8 Å². The van der Waals surface area contributed by atoms with Gasteiger partial charge < -0.3 is 14.9 Å². The number of ketones is 1. The predicted molar refractivity (Wildman–Crippen MR) is 74.4 cm³/mol. The van der Waals surface area contributed by atoms with Gasteiger partial charge in [-0.05, 0) is 43.2 Å². The summed E-state index contributed by atoms with van der Waals surface area (Å²) in [6, 6.07) is 3.60. The predicted octanol–water partition coefficient (Wildman–Crippen LogP) is 1.84. The number of aromatic hydroxyl groups is 1. The Morgan fingerprint density at radius 1 is 1.29 bits per heavy atom. The van der Waals surface area contributed by atoms with Gasteiger partial charge in [0.05, 0.1) is 11.0 Å². The molecule has 1 unspecified atom stereocenters. The number of carbonyl (C=O) groups is 1. The zero-order valence-electron chi connectivity index (χ0n) is 11.8. The Kier molecular flexibility index (Phi) is 1.97. The van der Waals surface area contributed by atoms with Crippen molar-refractivity contribution in [2.45, 2.75) is 55.6 Å². The summed E-state index contributed by atoms with van der Waals surface area (Å²) in [5, 5.41) is 21.7. The molecule has 1 heterocycles. The van der Waals surface area contributed by atoms with Gasteiger partial charge in [0.1, 0.15) is 0 Å². The first-order chi connectivity index (χ1) is 10.1. The van der Waals surface area contributed by atoms with Crippen LogP contribution >= 0.6 is 0 Å². The number of aliphatic hydroxyl groups is 1. The number of Topliss-reactive ketones (excluding diaryl/α,β-unsaturated/α-hetero) is 1. The molecule has 0 amide bonds. The molecule has 0 aromatic heterocycles. The van der Waals surface area contributed by atoms with Crippen molar-refractivity contribution in [2.75, 3.05) is 0 Å². The van der Waals surface area contributed by atoms with Crippen molar-refractivity contribution in [1.29, 1.82) is 0 Å². The van der Waals surface area contributed by atoms with Crippen molar-refractivity contribution in [3.05, 3.63) is 23.3 Å². The quantitative estimate of drug-likeness (QED) is 0.763. The second-order valence-electron chi connectivity index (χ2n) is 7.10. The Hall–Kier alpha value is -1.55. The van der Waals surface area contributed by atoms with Crippen molar-refractivity contribution < 1.29 is 19.7 Å². The third-order valence-electron chi connectivity index (χ3n) is 6.44. The topological polar surface area (TPSA) is 66.8 Å². The van der Waals surface area contributed by atoms with Crippen LogP contribution in [0.5, 0.6) is 11.5 Å². The second-order valence-corrected chi connectivity index (χ2v) is 7.10. The molecule has 4 atom stereocenters. The van der Waals surface area contributed by atoms with Crippen LogP contribution in [-0.4, -0.2) is 27.7 Å². The maximum atomic E-state index is 12.5. The maximum Gasteiger partial charge on any atom is 0.174 e. The highest BCUT2D eigenvalue weighted by molar-refractivity contribution is 5.89. The van der Waals surface area contributed by atoms with E-state index in [0.29, 0.717) is 18.6 Å². The van der Waals surface area contributed by atoms with E-state index in [1.807, 2.05) is 6.07 Å². The fourth-order valence-corrected chi connectivity index (χ4v) is 5.64. The van der Waals surface area contributed by atoms with Crippen LogP contribution in [0.1, 0.15) is 43.2 Å². The zero-order valence-corrected chi connectivity index (χ0v) is 11.8. The largest absolute Gasteiger partial charge is 0.504 e. The van der Waals surface area contributed by atoms with Gasteiger partial charge in [-0.15, -0.1) is 0 Å². The number of benzene rings is 1. The molecule has 1 aromatic carbocycles. The monoisotopic (exact) mass is 286 g/mol. The third kappa shape index (κ3) is 1.10. The number of phenols is 1. The van der Waals surface area contributed by atoms with Gasteiger partial charge in [0.2, 0.25) is 0 Å². The highest BCUT2D eigenvalue weighted by atomic mass is 16.5. The van der Waals surface area contributed by atoms with E-state index in [2.05, 4.69) is 0 Å². The summed E-state index contributed by atoms with van der Waals surface area (Å²) in [5.41, 5.74) is 0.608. The smallest absolute Gasteiger partial charge is 0.174 e. The van der Waals surface area contributed by atoms with E-state index < -0.39 is 17.1 Å². The highest BCUT2D eigenvalue weighted by Gasteiger charge is 2.71. The van der Waals surface area contributed by atoms with Crippen LogP contribution < -0.4 is 4.74 Å². The van der Waals surface area contributed by atoms with Gasteiger partial charge in [-0.3, -0.25) is 4.79 Å². The molecule has 21 heavy (non-hydrogen) atoms. The van der Waals surface area contributed by atoms with E-state index in [9.17, 15) is 15.0 Å². The number of carbonyl (C=O) groups excluding carboxylic acids is 1. The van der Waals surface area contributed by atoms with Gasteiger partial charge in [0, 0.05) is 12.0 Å². The number of hydrogen-bond acceptors (Lipinski definition) is 4. The molecular weight excluding hydrogens is 268 g/mol. The Bertz CT molecular complexity index is 682. The molecule has 0 saturated heterocycles. The minimum Gasteiger partial charge on any atom is -0.504 e. The number of hydrogen-bond donors (Lipinski definition) is 2. The third-order valence-corrected chi connectivity index (χ3v) is 6.44. The van der Waals surface area contributed by atoms with Crippen LogP contribution in [0.3, 0.4) is 0 Å². The lowest BCUT2D eigenvalue weighted by atomic mass is 9.46. The van der Waals surface area contributed by atoms with E-state index in [1.54, 1.807) is 6.07 Å². The second kappa shape index (κ2) is 3.43. The molecule has 2 bridgehead atoms. The van der Waals surface area contributed by atoms with Gasteiger partial charge in [-0.25, -0.2) is 0 Å². The highest BCUT2D eigenvalue weighted by Crippen LogP contribution is 2.66. The van der Waals surface area contributed by atoms with Crippen molar-refractivity contribution in [2.24, 2.45) is 5.92 Å². The molecular formula is C17H18O4. The van der Waals surface area contributed by atoms with Gasteiger partial charge in [-0.1, -0.05) is 12.5 Å². The van der Waals surface area contributed by atoms with Gasteiger partial charge in [0.25, 0.3) is 0 Å². The number of phenolic OH excluding ortho intramolecular Hbond substituents is 1. The minimum absolute atomic E-state index is 0.0729. The lowest BCUT2D eigenvalue weighted by molar-refractivity contribution is -0.177. The molecule has 3 aliphatic carbocycles. The zero-order chi connectivity index (χ0) is 14.4. The fraction of sp³-hybridized carbons (Fsp3) is 0.588. The van der Waals surface area contributed by atoms with Crippen LogP contribution in [0.4, 0.5) is 0 Å². The first-order valence-electron chi connectivity index (χ1n) is 7.85. The summed E-state index contributed by atoms with van der Waals surface area (Å²) in [5.74, 6) is 0.820. The Morgan fingerprint density at radius 3 is 3.00 bits per heavy atom. The van der Waals surface area contributed by atoms with Crippen molar-refractivity contribution in [1.82, 2.24) is 0 Å². The summed E-state index contributed by atoms with van der Waals surface area (Å²) in [4.78, 5) is 12.5. The van der Waals surface area contributed by atoms with Crippen molar-refractivity contribution in [3.8, 4) is 11.5 Å². The standard InChI is InChI=1S/C17H18O4/c18-11-4-3-9-8-10-2-1-6-16-13(9)14(11)21-15(16)12(19)5-7-17(10,16)20/h3-4,10,15,18,20H,1-2,5-8H2/t10?,15-,16-,17+/m1/s1. The first-order valence-corrected chi connectivity index (χ1v) is 7.85. The summed E-state index contributed by atoms with van der Waals surface area (Å²) in [6.45, 7) is 0. The van der Waals surface area contributed by atoms with Crippen LogP contribution in [0.2, 0.25) is 0 Å². The van der Waals surface area contributed by atoms with Crippen LogP contribution in [0.15, 0.2) is 12.1 Å². The summed E-state index contributed by atoms with van der Waals surface area (Å²) < 4.78 is 5.93. The van der Waals surface area contributed by atoms with E-state index in [4.69, 9.17) is 4.74 Å². The summed E-state index contributed by atoms with van der Waals surface area (Å²) >= 11 is 0. The van der Waals surface area contributed by atoms with Gasteiger partial charge in [-0.2, -0.15) is 0 Å². The fourth-order valence-electron chi connectivity index (χ4n) is 5.64. The summed E-state index contributed by atoms with van der Waals surface area (Å²) in [7, 11) is 0. The molecule has 110 valence electrons. The normalized spacial score (nSPS) is 42.4. The van der Waals surface area contributed by atoms with Crippen LogP contribution in [0, 0.1) is 5.92 Å². The molecule has 2 saturated carbocycles. The Balaban J connectivity index is 1.89. The van der Waals surface area contributed by atoms with Gasteiger partial charge in [0.15, 0.2) is 23.4 Å². The minimum atomic E-state index is -0.851. The molecule has 4 aliphatic rings. The molecule has 2 N–H and O–H groups in total. The van der Waals surface area contributed by atoms with Gasteiger partial charge >= 0.3 is 0 Å². The summed E-state index contributed by atoms with van der Waals surface area (Å²) in [6.07, 6.45) is 3.92. The Labute approximate surface area is 122 Å². The number of rotatable bonds is 0. The molecule has 1 aromatic rings. The van der Waals surface area contributed by atoms with E-state index in [1.165, 1.54) is 0 Å². The average molecular weight is 286 g/mol. The van der Waals surface area contributed by atoms with E-state index in [-0.39, 0.29) is 17.5 Å². The average Bonchev–Trinajstić information content (AvgIpc) is 2.80.